The number of carbonyl (C=O) groups is 1. The van der Waals surface area contributed by atoms with Crippen LogP contribution >= 0.6 is 11.8 Å². The van der Waals surface area contributed by atoms with Crippen molar-refractivity contribution < 1.29 is 26.8 Å². The Hall–Kier alpha value is -2.75. The van der Waals surface area contributed by atoms with Crippen molar-refractivity contribution in [1.82, 2.24) is 10.2 Å². The number of thioether (sulfide) groups is 1. The molecule has 136 valence electrons. The molecule has 0 aliphatic rings. The molecule has 3 aromatic rings. The van der Waals surface area contributed by atoms with Crippen molar-refractivity contribution in [2.45, 2.75) is 24.3 Å². The molecule has 10 heteroatoms. The maximum Gasteiger partial charge on any atom is 0.277 e. The van der Waals surface area contributed by atoms with Gasteiger partial charge in [-0.2, -0.15) is 0 Å². The van der Waals surface area contributed by atoms with Crippen LogP contribution in [0, 0.1) is 24.4 Å². The van der Waals surface area contributed by atoms with E-state index < -0.39 is 34.3 Å². The molecule has 0 saturated carbocycles. The molecule has 1 N–H and O–H groups in total. The number of nitrogens with one attached hydrogen (secondary N) is 1. The number of aromatic nitrogens is 2. The molecule has 26 heavy (non-hydrogen) atoms. The third kappa shape index (κ3) is 3.59. The summed E-state index contributed by atoms with van der Waals surface area (Å²) < 4.78 is 50.4. The highest BCUT2D eigenvalue weighted by molar-refractivity contribution is 8.00. The average molecular weight is 383 g/mol. The van der Waals surface area contributed by atoms with Gasteiger partial charge in [0.1, 0.15) is 5.76 Å². The molecule has 0 radical (unpaired) electrons. The molecular formula is C16H12F3N3O3S. The maximum absolute atomic E-state index is 13.6. The Morgan fingerprint density at radius 3 is 2.65 bits per heavy atom. The standard InChI is InChI=1S/C16H12F3N3O3S/c1-7-9(5-6-24-7)15-21-22-16(25-15)26-8(2)14(23)20-11-4-3-10(17)12(18)13(11)19/h3-6,8H,1-2H3,(H,20,23)/t8-/m0/s1. The summed E-state index contributed by atoms with van der Waals surface area (Å²) in [5.74, 6) is -4.26. The van der Waals surface area contributed by atoms with Gasteiger partial charge in [-0.3, -0.25) is 4.79 Å². The number of amides is 1. The van der Waals surface area contributed by atoms with E-state index in [0.29, 0.717) is 11.3 Å². The molecule has 0 unspecified atom stereocenters. The molecule has 1 aromatic carbocycles. The van der Waals surface area contributed by atoms with Gasteiger partial charge < -0.3 is 14.2 Å². The van der Waals surface area contributed by atoms with Crippen molar-refractivity contribution in [1.29, 1.82) is 0 Å². The molecule has 0 aliphatic carbocycles. The van der Waals surface area contributed by atoms with Gasteiger partial charge in [-0.05, 0) is 32.0 Å². The summed E-state index contributed by atoms with van der Waals surface area (Å²) in [6, 6.07) is 3.33. The van der Waals surface area contributed by atoms with Crippen LogP contribution in [0.3, 0.4) is 0 Å². The summed E-state index contributed by atoms with van der Waals surface area (Å²) in [6.07, 6.45) is 1.48. The van der Waals surface area contributed by atoms with Crippen LogP contribution in [-0.2, 0) is 4.79 Å². The van der Waals surface area contributed by atoms with Crippen LogP contribution in [0.2, 0.25) is 0 Å². The van der Waals surface area contributed by atoms with Crippen molar-refractivity contribution in [2.75, 3.05) is 5.32 Å². The summed E-state index contributed by atoms with van der Waals surface area (Å²) in [5, 5.41) is 9.25. The molecule has 0 saturated heterocycles. The van der Waals surface area contributed by atoms with Crippen LogP contribution in [-0.4, -0.2) is 21.4 Å². The summed E-state index contributed by atoms with van der Waals surface area (Å²) in [6.45, 7) is 3.25. The molecule has 3 rings (SSSR count). The first-order chi connectivity index (χ1) is 12.4. The molecule has 6 nitrogen and oxygen atoms in total. The first kappa shape index (κ1) is 18.1. The van der Waals surface area contributed by atoms with Crippen molar-refractivity contribution in [3.63, 3.8) is 0 Å². The quantitative estimate of drug-likeness (QED) is 0.526. The van der Waals surface area contributed by atoms with Crippen LogP contribution in [0.25, 0.3) is 11.5 Å². The second-order valence-corrected chi connectivity index (χ2v) is 6.53. The van der Waals surface area contributed by atoms with Gasteiger partial charge in [-0.25, -0.2) is 13.2 Å². The maximum atomic E-state index is 13.6. The zero-order valence-electron chi connectivity index (χ0n) is 13.5. The molecule has 0 aliphatic heterocycles. The number of anilines is 1. The lowest BCUT2D eigenvalue weighted by Crippen LogP contribution is -2.23. The highest BCUT2D eigenvalue weighted by Gasteiger charge is 2.22. The van der Waals surface area contributed by atoms with Gasteiger partial charge >= 0.3 is 0 Å². The number of rotatable bonds is 5. The minimum atomic E-state index is -1.65. The minimum absolute atomic E-state index is 0.119. The molecular weight excluding hydrogens is 371 g/mol. The van der Waals surface area contributed by atoms with E-state index in [1.165, 1.54) is 13.2 Å². The Morgan fingerprint density at radius 1 is 1.19 bits per heavy atom. The van der Waals surface area contributed by atoms with E-state index in [2.05, 4.69) is 15.5 Å². The predicted molar refractivity (Wildman–Crippen MR) is 87.0 cm³/mol. The first-order valence-electron chi connectivity index (χ1n) is 7.35. The van der Waals surface area contributed by atoms with Crippen molar-refractivity contribution in [3.05, 3.63) is 47.7 Å². The van der Waals surface area contributed by atoms with Crippen LogP contribution in [0.5, 0.6) is 0 Å². The Bertz CT molecular complexity index is 957. The third-order valence-electron chi connectivity index (χ3n) is 3.44. The molecule has 1 atom stereocenters. The summed E-state index contributed by atoms with van der Waals surface area (Å²) in [7, 11) is 0. The average Bonchev–Trinajstić information content (AvgIpc) is 3.23. The monoisotopic (exact) mass is 383 g/mol. The molecule has 0 fully saturated rings. The largest absolute Gasteiger partial charge is 0.469 e. The lowest BCUT2D eigenvalue weighted by Gasteiger charge is -2.11. The normalized spacial score (nSPS) is 12.2. The van der Waals surface area contributed by atoms with Crippen LogP contribution < -0.4 is 5.32 Å². The van der Waals surface area contributed by atoms with E-state index >= 15 is 0 Å². The van der Waals surface area contributed by atoms with E-state index in [4.69, 9.17) is 8.83 Å². The lowest BCUT2D eigenvalue weighted by atomic mass is 10.2. The van der Waals surface area contributed by atoms with Gasteiger partial charge in [-0.15, -0.1) is 10.2 Å². The Labute approximate surface area is 149 Å². The van der Waals surface area contributed by atoms with E-state index in [-0.39, 0.29) is 11.1 Å². The number of furan rings is 1. The van der Waals surface area contributed by atoms with Gasteiger partial charge in [0.2, 0.25) is 5.91 Å². The van der Waals surface area contributed by atoms with Gasteiger partial charge in [0.15, 0.2) is 17.5 Å². The molecule has 2 aromatic heterocycles. The zero-order valence-corrected chi connectivity index (χ0v) is 14.4. The van der Waals surface area contributed by atoms with Crippen molar-refractivity contribution in [2.24, 2.45) is 0 Å². The zero-order chi connectivity index (χ0) is 18.8. The third-order valence-corrected chi connectivity index (χ3v) is 4.37. The first-order valence-corrected chi connectivity index (χ1v) is 8.23. The van der Waals surface area contributed by atoms with E-state index in [9.17, 15) is 18.0 Å². The molecule has 1 amide bonds. The number of hydrogen-bond acceptors (Lipinski definition) is 6. The summed E-state index contributed by atoms with van der Waals surface area (Å²) >= 11 is 0.935. The fraction of sp³-hybridized carbons (Fsp3) is 0.188. The van der Waals surface area contributed by atoms with E-state index in [0.717, 1.165) is 23.9 Å². The van der Waals surface area contributed by atoms with Crippen molar-refractivity contribution in [3.8, 4) is 11.5 Å². The summed E-state index contributed by atoms with van der Waals surface area (Å²) in [5.41, 5.74) is 0.173. The fourth-order valence-electron chi connectivity index (χ4n) is 2.03. The Morgan fingerprint density at radius 2 is 1.96 bits per heavy atom. The number of hydrogen-bond donors (Lipinski definition) is 1. The minimum Gasteiger partial charge on any atom is -0.469 e. The predicted octanol–water partition coefficient (Wildman–Crippen LogP) is 4.17. The molecule has 2 heterocycles. The molecule has 0 spiro atoms. The van der Waals surface area contributed by atoms with Crippen LogP contribution in [0.15, 0.2) is 38.5 Å². The van der Waals surface area contributed by atoms with E-state index in [1.807, 2.05) is 0 Å². The smallest absolute Gasteiger partial charge is 0.277 e. The summed E-state index contributed by atoms with van der Waals surface area (Å²) in [4.78, 5) is 12.1. The number of aryl methyl sites for hydroxylation is 1. The van der Waals surface area contributed by atoms with E-state index in [1.54, 1.807) is 13.0 Å². The second kappa shape index (κ2) is 7.24. The van der Waals surface area contributed by atoms with Gasteiger partial charge in [0, 0.05) is 0 Å². The number of benzene rings is 1. The Kier molecular flexibility index (Phi) is 5.03. The highest BCUT2D eigenvalue weighted by atomic mass is 32.2. The topological polar surface area (TPSA) is 81.2 Å². The number of nitrogens with zero attached hydrogens (tertiary/aromatic N) is 2. The van der Waals surface area contributed by atoms with Crippen LogP contribution in [0.4, 0.5) is 18.9 Å². The second-order valence-electron chi connectivity index (χ2n) is 5.24. The number of carbonyl (C=O) groups excluding carboxylic acids is 1. The fourth-order valence-corrected chi connectivity index (χ4v) is 2.72. The highest BCUT2D eigenvalue weighted by Crippen LogP contribution is 2.29. The van der Waals surface area contributed by atoms with Gasteiger partial charge in [0.25, 0.3) is 11.1 Å². The van der Waals surface area contributed by atoms with Gasteiger partial charge in [0.05, 0.1) is 22.8 Å². The molecule has 0 bridgehead atoms. The van der Waals surface area contributed by atoms with Gasteiger partial charge in [-0.1, -0.05) is 11.8 Å². The van der Waals surface area contributed by atoms with Crippen LogP contribution in [0.1, 0.15) is 12.7 Å². The van der Waals surface area contributed by atoms with Crippen molar-refractivity contribution >= 4 is 23.4 Å². The number of halogens is 3. The SMILES string of the molecule is Cc1occc1-c1nnc(S[C@@H](C)C(=O)Nc2ccc(F)c(F)c2F)o1. The lowest BCUT2D eigenvalue weighted by molar-refractivity contribution is -0.115. The Balaban J connectivity index is 1.68.